The molecular formula is C17H21BrClN3O3. The van der Waals surface area contributed by atoms with Gasteiger partial charge in [0.2, 0.25) is 0 Å². The van der Waals surface area contributed by atoms with Crippen LogP contribution in [-0.4, -0.2) is 41.6 Å². The largest absolute Gasteiger partial charge is 0.484 e. The highest BCUT2D eigenvalue weighted by Crippen LogP contribution is 2.27. The summed E-state index contributed by atoms with van der Waals surface area (Å²) in [6.07, 6.45) is 0. The standard InChI is InChI=1S/C17H20BrN3O3.ClH/c1-11-7-14(24-20-11)10-23-16-4-3-13(8-15(16)18)17(22)21-6-5-19-9-12(21)2;/h3-4,7-8,12,19H,5-6,9-10H2,1-2H3;1H/t12-;/m0./s1. The summed E-state index contributed by atoms with van der Waals surface area (Å²) in [5.74, 6) is 1.37. The Balaban J connectivity index is 0.00000225. The number of nitrogens with one attached hydrogen (secondary N) is 1. The lowest BCUT2D eigenvalue weighted by Crippen LogP contribution is -2.52. The van der Waals surface area contributed by atoms with Crippen molar-refractivity contribution in [3.63, 3.8) is 0 Å². The van der Waals surface area contributed by atoms with Crippen LogP contribution in [0, 0.1) is 6.92 Å². The number of piperazine rings is 1. The van der Waals surface area contributed by atoms with Crippen molar-refractivity contribution >= 4 is 34.2 Å². The molecule has 0 spiro atoms. The third-order valence-electron chi connectivity index (χ3n) is 3.99. The fourth-order valence-electron chi connectivity index (χ4n) is 2.69. The summed E-state index contributed by atoms with van der Waals surface area (Å²) >= 11 is 3.48. The van der Waals surface area contributed by atoms with Crippen LogP contribution in [0.25, 0.3) is 0 Å². The summed E-state index contributed by atoms with van der Waals surface area (Å²) in [5, 5.41) is 7.11. The molecule has 25 heavy (non-hydrogen) atoms. The molecule has 136 valence electrons. The van der Waals surface area contributed by atoms with E-state index in [1.54, 1.807) is 18.2 Å². The molecule has 3 rings (SSSR count). The van der Waals surface area contributed by atoms with Crippen molar-refractivity contribution in [2.45, 2.75) is 26.5 Å². The zero-order valence-electron chi connectivity index (χ0n) is 14.1. The number of hydrogen-bond donors (Lipinski definition) is 1. The highest BCUT2D eigenvalue weighted by atomic mass is 79.9. The number of amides is 1. The van der Waals surface area contributed by atoms with Gasteiger partial charge in [-0.3, -0.25) is 4.79 Å². The number of halogens is 2. The van der Waals surface area contributed by atoms with Crippen LogP contribution < -0.4 is 10.1 Å². The van der Waals surface area contributed by atoms with Crippen molar-refractivity contribution in [1.82, 2.24) is 15.4 Å². The molecule has 1 aromatic heterocycles. The van der Waals surface area contributed by atoms with Crippen LogP contribution in [0.1, 0.15) is 28.7 Å². The Labute approximate surface area is 161 Å². The average molecular weight is 431 g/mol. The fraction of sp³-hybridized carbons (Fsp3) is 0.412. The van der Waals surface area contributed by atoms with Gasteiger partial charge in [0.05, 0.1) is 10.2 Å². The average Bonchev–Trinajstić information content (AvgIpc) is 2.99. The van der Waals surface area contributed by atoms with E-state index in [1.807, 2.05) is 17.9 Å². The van der Waals surface area contributed by atoms with Gasteiger partial charge in [0.25, 0.3) is 5.91 Å². The third kappa shape index (κ3) is 4.74. The van der Waals surface area contributed by atoms with Crippen LogP contribution in [0.3, 0.4) is 0 Å². The lowest BCUT2D eigenvalue weighted by atomic mass is 10.1. The Bertz CT molecular complexity index is 738. The van der Waals surface area contributed by atoms with Gasteiger partial charge in [-0.05, 0) is 48.0 Å². The Morgan fingerprint density at radius 2 is 2.28 bits per heavy atom. The number of benzene rings is 1. The first kappa shape index (κ1) is 19.8. The van der Waals surface area contributed by atoms with Gasteiger partial charge in [0.15, 0.2) is 5.76 Å². The molecule has 1 atom stereocenters. The maximum atomic E-state index is 12.7. The fourth-order valence-corrected chi connectivity index (χ4v) is 3.19. The number of carbonyl (C=O) groups excluding carboxylic acids is 1. The van der Waals surface area contributed by atoms with Crippen LogP contribution in [0.15, 0.2) is 33.3 Å². The van der Waals surface area contributed by atoms with E-state index in [0.29, 0.717) is 23.7 Å². The minimum Gasteiger partial charge on any atom is -0.484 e. The molecule has 0 unspecified atom stereocenters. The topological polar surface area (TPSA) is 67.6 Å². The molecule has 1 amide bonds. The van der Waals surface area contributed by atoms with E-state index in [-0.39, 0.29) is 24.4 Å². The van der Waals surface area contributed by atoms with Crippen molar-refractivity contribution in [2.75, 3.05) is 19.6 Å². The van der Waals surface area contributed by atoms with E-state index in [9.17, 15) is 4.79 Å². The number of aryl methyl sites for hydroxylation is 1. The zero-order valence-corrected chi connectivity index (χ0v) is 16.5. The quantitative estimate of drug-likeness (QED) is 0.807. The smallest absolute Gasteiger partial charge is 0.254 e. The predicted molar refractivity (Wildman–Crippen MR) is 100 cm³/mol. The van der Waals surface area contributed by atoms with Gasteiger partial charge in [0.1, 0.15) is 12.4 Å². The molecule has 1 N–H and O–H groups in total. The monoisotopic (exact) mass is 429 g/mol. The van der Waals surface area contributed by atoms with Crippen LogP contribution in [-0.2, 0) is 6.61 Å². The molecule has 1 fully saturated rings. The molecule has 6 nitrogen and oxygen atoms in total. The summed E-state index contributed by atoms with van der Waals surface area (Å²) in [7, 11) is 0. The number of nitrogens with zero attached hydrogens (tertiary/aromatic N) is 2. The lowest BCUT2D eigenvalue weighted by Gasteiger charge is -2.34. The second-order valence-corrected chi connectivity index (χ2v) is 6.77. The molecule has 0 bridgehead atoms. The molecule has 2 aromatic rings. The molecule has 0 saturated carbocycles. The lowest BCUT2D eigenvalue weighted by molar-refractivity contribution is 0.0655. The third-order valence-corrected chi connectivity index (χ3v) is 4.61. The Morgan fingerprint density at radius 3 is 2.92 bits per heavy atom. The maximum absolute atomic E-state index is 12.7. The maximum Gasteiger partial charge on any atom is 0.254 e. The summed E-state index contributed by atoms with van der Waals surface area (Å²) in [6.45, 7) is 6.58. The molecule has 1 aromatic carbocycles. The van der Waals surface area contributed by atoms with Crippen LogP contribution in [0.5, 0.6) is 5.75 Å². The highest BCUT2D eigenvalue weighted by Gasteiger charge is 2.24. The van der Waals surface area contributed by atoms with Crippen molar-refractivity contribution in [3.05, 3.63) is 45.8 Å². The molecule has 8 heteroatoms. The molecule has 1 aliphatic heterocycles. The molecule has 0 aliphatic carbocycles. The Morgan fingerprint density at radius 1 is 1.48 bits per heavy atom. The number of rotatable bonds is 4. The first-order valence-corrected chi connectivity index (χ1v) is 8.70. The van der Waals surface area contributed by atoms with Crippen molar-refractivity contribution < 1.29 is 14.1 Å². The van der Waals surface area contributed by atoms with Gasteiger partial charge < -0.3 is 19.5 Å². The number of aromatic nitrogens is 1. The van der Waals surface area contributed by atoms with Crippen LogP contribution in [0.4, 0.5) is 0 Å². The second-order valence-electron chi connectivity index (χ2n) is 5.92. The van der Waals surface area contributed by atoms with Gasteiger partial charge >= 0.3 is 0 Å². The van der Waals surface area contributed by atoms with E-state index in [4.69, 9.17) is 9.26 Å². The highest BCUT2D eigenvalue weighted by molar-refractivity contribution is 9.10. The summed E-state index contributed by atoms with van der Waals surface area (Å²) in [6, 6.07) is 7.42. The SMILES string of the molecule is Cc1cc(COc2ccc(C(=O)N3CCNC[C@@H]3C)cc2Br)on1.Cl. The number of ether oxygens (including phenoxy) is 1. The van der Waals surface area contributed by atoms with Crippen LogP contribution in [0.2, 0.25) is 0 Å². The predicted octanol–water partition coefficient (Wildman–Crippen LogP) is 3.18. The summed E-state index contributed by atoms with van der Waals surface area (Å²) in [4.78, 5) is 14.6. The Hall–Kier alpha value is -1.57. The number of carbonyl (C=O) groups is 1. The first-order chi connectivity index (χ1) is 11.5. The van der Waals surface area contributed by atoms with Gasteiger partial charge in [-0.1, -0.05) is 5.16 Å². The van der Waals surface area contributed by atoms with Crippen molar-refractivity contribution in [2.24, 2.45) is 0 Å². The molecule has 1 saturated heterocycles. The molecule has 0 radical (unpaired) electrons. The molecule has 1 aliphatic rings. The number of hydrogen-bond acceptors (Lipinski definition) is 5. The normalized spacial score (nSPS) is 17.1. The molecule has 2 heterocycles. The van der Waals surface area contributed by atoms with E-state index in [0.717, 1.165) is 29.8 Å². The van der Waals surface area contributed by atoms with Gasteiger partial charge in [-0.25, -0.2) is 0 Å². The van der Waals surface area contributed by atoms with E-state index in [2.05, 4.69) is 33.3 Å². The van der Waals surface area contributed by atoms with E-state index >= 15 is 0 Å². The van der Waals surface area contributed by atoms with E-state index in [1.165, 1.54) is 0 Å². The van der Waals surface area contributed by atoms with Gasteiger partial charge in [0, 0.05) is 37.3 Å². The second kappa shape index (κ2) is 8.69. The van der Waals surface area contributed by atoms with Crippen LogP contribution >= 0.6 is 28.3 Å². The zero-order chi connectivity index (χ0) is 17.1. The van der Waals surface area contributed by atoms with Crippen molar-refractivity contribution in [3.8, 4) is 5.75 Å². The van der Waals surface area contributed by atoms with Crippen molar-refractivity contribution in [1.29, 1.82) is 0 Å². The summed E-state index contributed by atoms with van der Waals surface area (Å²) < 4.78 is 11.6. The minimum atomic E-state index is 0. The molecular weight excluding hydrogens is 410 g/mol. The summed E-state index contributed by atoms with van der Waals surface area (Å²) in [5.41, 5.74) is 1.47. The van der Waals surface area contributed by atoms with Gasteiger partial charge in [-0.2, -0.15) is 0 Å². The van der Waals surface area contributed by atoms with Gasteiger partial charge in [-0.15, -0.1) is 12.4 Å². The Kier molecular flexibility index (Phi) is 6.87. The minimum absolute atomic E-state index is 0. The van der Waals surface area contributed by atoms with E-state index < -0.39 is 0 Å². The first-order valence-electron chi connectivity index (χ1n) is 7.91.